The maximum Gasteiger partial charge on any atom is 0.293 e. The maximum absolute atomic E-state index is 11.4. The number of halogens is 1. The molecule has 0 bridgehead atoms. The van der Waals surface area contributed by atoms with Gasteiger partial charge in [-0.1, -0.05) is 17.7 Å². The molecule has 6 heteroatoms. The van der Waals surface area contributed by atoms with Gasteiger partial charge in [0.2, 0.25) is 0 Å². The van der Waals surface area contributed by atoms with Gasteiger partial charge in [0.05, 0.1) is 10.7 Å². The third-order valence-electron chi connectivity index (χ3n) is 3.22. The topological polar surface area (TPSA) is 58.6 Å². The summed E-state index contributed by atoms with van der Waals surface area (Å²) in [6, 6.07) is 5.64. The first kappa shape index (κ1) is 19.5. The number of hydrogen-bond donors (Lipinski definition) is 1. The molecule has 0 saturated carbocycles. The molecule has 1 aliphatic rings. The van der Waals surface area contributed by atoms with Crippen molar-refractivity contribution in [2.24, 2.45) is 0 Å². The molecule has 1 heterocycles. The fourth-order valence-corrected chi connectivity index (χ4v) is 2.46. The monoisotopic (exact) mass is 340 g/mol. The van der Waals surface area contributed by atoms with Gasteiger partial charge in [0, 0.05) is 31.7 Å². The molecule has 1 aliphatic heterocycles. The van der Waals surface area contributed by atoms with E-state index in [-0.39, 0.29) is 11.4 Å². The van der Waals surface area contributed by atoms with Gasteiger partial charge >= 0.3 is 0 Å². The third-order valence-corrected chi connectivity index (χ3v) is 3.61. The van der Waals surface area contributed by atoms with Gasteiger partial charge in [-0.2, -0.15) is 0 Å². The lowest BCUT2D eigenvalue weighted by atomic mass is 10.1. The highest BCUT2D eigenvalue weighted by Crippen LogP contribution is 2.29. The van der Waals surface area contributed by atoms with E-state index in [1.807, 2.05) is 32.9 Å². The molecule has 1 saturated heterocycles. The molecule has 0 amide bonds. The van der Waals surface area contributed by atoms with Gasteiger partial charge in [0.15, 0.2) is 5.78 Å². The molecule has 0 spiro atoms. The summed E-state index contributed by atoms with van der Waals surface area (Å²) in [5.41, 5.74) is 1.26. The van der Waals surface area contributed by atoms with E-state index in [2.05, 4.69) is 15.0 Å². The molecule has 0 radical (unpaired) electrons. The first-order valence-corrected chi connectivity index (χ1v) is 8.00. The zero-order chi connectivity index (χ0) is 17.5. The molecular formula is C17H25ClN2O3. The SMILES string of the molecule is CC(=O)c1cccc(N2CCNCC2)c1Cl.CC(C)(C)OC=O. The van der Waals surface area contributed by atoms with Crippen molar-refractivity contribution >= 4 is 29.5 Å². The Kier molecular flexibility index (Phi) is 7.52. The van der Waals surface area contributed by atoms with Gasteiger partial charge in [-0.05, 0) is 39.8 Å². The predicted octanol–water partition coefficient (Wildman–Crippen LogP) is 2.91. The lowest BCUT2D eigenvalue weighted by molar-refractivity contribution is -0.138. The summed E-state index contributed by atoms with van der Waals surface area (Å²) in [5.74, 6) is 0.0157. The van der Waals surface area contributed by atoms with Crippen LogP contribution in [0.15, 0.2) is 18.2 Å². The van der Waals surface area contributed by atoms with Crippen molar-refractivity contribution in [3.63, 3.8) is 0 Å². The van der Waals surface area contributed by atoms with Crippen molar-refractivity contribution < 1.29 is 14.3 Å². The second kappa shape index (κ2) is 8.89. The molecule has 0 atom stereocenters. The summed E-state index contributed by atoms with van der Waals surface area (Å²) in [6.07, 6.45) is 0. The zero-order valence-electron chi connectivity index (χ0n) is 14.2. The van der Waals surface area contributed by atoms with Crippen LogP contribution >= 0.6 is 11.6 Å². The van der Waals surface area contributed by atoms with Crippen molar-refractivity contribution in [1.29, 1.82) is 0 Å². The smallest absolute Gasteiger partial charge is 0.293 e. The number of nitrogens with one attached hydrogen (secondary N) is 1. The molecule has 1 aromatic rings. The number of benzene rings is 1. The van der Waals surface area contributed by atoms with Crippen LogP contribution < -0.4 is 10.2 Å². The van der Waals surface area contributed by atoms with Crippen molar-refractivity contribution in [2.75, 3.05) is 31.1 Å². The molecule has 23 heavy (non-hydrogen) atoms. The summed E-state index contributed by atoms with van der Waals surface area (Å²) in [7, 11) is 0. The number of Topliss-reactive ketones (excluding diaryl/α,β-unsaturated/α-hetero) is 1. The second-order valence-electron chi connectivity index (χ2n) is 6.26. The van der Waals surface area contributed by atoms with Crippen LogP contribution in [0.25, 0.3) is 0 Å². The number of rotatable bonds is 3. The number of hydrogen-bond acceptors (Lipinski definition) is 5. The van der Waals surface area contributed by atoms with Gasteiger partial charge < -0.3 is 15.0 Å². The van der Waals surface area contributed by atoms with E-state index in [1.54, 1.807) is 13.0 Å². The summed E-state index contributed by atoms with van der Waals surface area (Å²) in [5, 5.41) is 3.87. The van der Waals surface area contributed by atoms with Crippen molar-refractivity contribution in [2.45, 2.75) is 33.3 Å². The van der Waals surface area contributed by atoms with Gasteiger partial charge in [-0.15, -0.1) is 0 Å². The molecular weight excluding hydrogens is 316 g/mol. The Morgan fingerprint density at radius 3 is 2.35 bits per heavy atom. The normalized spacial score (nSPS) is 14.6. The number of ketones is 1. The number of carbonyl (C=O) groups excluding carboxylic acids is 2. The van der Waals surface area contributed by atoms with Crippen molar-refractivity contribution in [3.8, 4) is 0 Å². The highest BCUT2D eigenvalue weighted by atomic mass is 35.5. The Balaban J connectivity index is 0.000000322. The quantitative estimate of drug-likeness (QED) is 0.677. The standard InChI is InChI=1S/C12H15ClN2O.C5H10O2/c1-9(16)10-3-2-4-11(12(10)13)15-7-5-14-6-8-15;1-5(2,3)7-4-6/h2-4,14H,5-8H2,1H3;4H,1-3H3. The second-order valence-corrected chi connectivity index (χ2v) is 6.64. The number of nitrogens with zero attached hydrogens (tertiary/aromatic N) is 1. The van der Waals surface area contributed by atoms with Gasteiger partial charge in [0.25, 0.3) is 6.47 Å². The van der Waals surface area contributed by atoms with Gasteiger partial charge in [-0.3, -0.25) is 9.59 Å². The molecule has 5 nitrogen and oxygen atoms in total. The Labute approximate surface area is 142 Å². The van der Waals surface area contributed by atoms with Gasteiger partial charge in [-0.25, -0.2) is 0 Å². The average molecular weight is 341 g/mol. The van der Waals surface area contributed by atoms with Crippen LogP contribution in [0.4, 0.5) is 5.69 Å². The predicted molar refractivity (Wildman–Crippen MR) is 93.4 cm³/mol. The van der Waals surface area contributed by atoms with Crippen LogP contribution in [0.3, 0.4) is 0 Å². The fourth-order valence-electron chi connectivity index (χ4n) is 2.09. The molecule has 2 rings (SSSR count). The van der Waals surface area contributed by atoms with E-state index in [9.17, 15) is 9.59 Å². The summed E-state index contributed by atoms with van der Waals surface area (Å²) in [4.78, 5) is 23.2. The fraction of sp³-hybridized carbons (Fsp3) is 0.529. The number of anilines is 1. The van der Waals surface area contributed by atoms with E-state index in [4.69, 9.17) is 11.6 Å². The minimum Gasteiger partial charge on any atom is -0.462 e. The lowest BCUT2D eigenvalue weighted by Crippen LogP contribution is -2.43. The van der Waals surface area contributed by atoms with Crippen LogP contribution in [0.5, 0.6) is 0 Å². The number of carbonyl (C=O) groups is 2. The lowest BCUT2D eigenvalue weighted by Gasteiger charge is -2.30. The molecule has 128 valence electrons. The molecule has 0 aromatic heterocycles. The van der Waals surface area contributed by atoms with Crippen LogP contribution in [-0.4, -0.2) is 44.0 Å². The Hall–Kier alpha value is -1.59. The Morgan fingerprint density at radius 2 is 1.91 bits per heavy atom. The van der Waals surface area contributed by atoms with Crippen LogP contribution in [0.1, 0.15) is 38.1 Å². The van der Waals surface area contributed by atoms with Crippen molar-refractivity contribution in [1.82, 2.24) is 5.32 Å². The molecule has 1 N–H and O–H groups in total. The van der Waals surface area contributed by atoms with E-state index in [0.717, 1.165) is 31.9 Å². The van der Waals surface area contributed by atoms with Crippen LogP contribution in [0.2, 0.25) is 5.02 Å². The van der Waals surface area contributed by atoms with Crippen LogP contribution in [-0.2, 0) is 9.53 Å². The third kappa shape index (κ3) is 6.59. The molecule has 0 unspecified atom stereocenters. The maximum atomic E-state index is 11.4. The van der Waals surface area contributed by atoms with E-state index < -0.39 is 0 Å². The minimum atomic E-state index is -0.318. The minimum absolute atomic E-state index is 0.0157. The van der Waals surface area contributed by atoms with E-state index >= 15 is 0 Å². The summed E-state index contributed by atoms with van der Waals surface area (Å²) < 4.78 is 4.55. The average Bonchev–Trinajstić information content (AvgIpc) is 2.47. The Bertz CT molecular complexity index is 535. The summed E-state index contributed by atoms with van der Waals surface area (Å²) in [6.45, 7) is 11.2. The molecule has 1 aromatic carbocycles. The van der Waals surface area contributed by atoms with E-state index in [1.165, 1.54) is 0 Å². The van der Waals surface area contributed by atoms with Crippen molar-refractivity contribution in [3.05, 3.63) is 28.8 Å². The summed E-state index contributed by atoms with van der Waals surface area (Å²) >= 11 is 6.25. The number of ether oxygens (including phenoxy) is 1. The molecule has 0 aliphatic carbocycles. The van der Waals surface area contributed by atoms with Crippen LogP contribution in [0, 0.1) is 0 Å². The zero-order valence-corrected chi connectivity index (χ0v) is 14.9. The first-order chi connectivity index (χ1) is 10.8. The largest absolute Gasteiger partial charge is 0.462 e. The van der Waals surface area contributed by atoms with E-state index in [0.29, 0.717) is 17.1 Å². The van der Waals surface area contributed by atoms with Gasteiger partial charge in [0.1, 0.15) is 5.60 Å². The highest BCUT2D eigenvalue weighted by Gasteiger charge is 2.16. The number of piperazine rings is 1. The Morgan fingerprint density at radius 1 is 1.30 bits per heavy atom. The molecule has 1 fully saturated rings. The highest BCUT2D eigenvalue weighted by molar-refractivity contribution is 6.36. The first-order valence-electron chi connectivity index (χ1n) is 7.63.